The molecule has 0 radical (unpaired) electrons. The second kappa shape index (κ2) is 8.44. The van der Waals surface area contributed by atoms with Crippen molar-refractivity contribution in [1.29, 1.82) is 0 Å². The molecule has 12 nitrogen and oxygen atoms in total. The first-order chi connectivity index (χ1) is 13.4. The summed E-state index contributed by atoms with van der Waals surface area (Å²) < 4.78 is 43.6. The second-order valence-corrected chi connectivity index (χ2v) is 5.97. The Kier molecular flexibility index (Phi) is 6.43. The van der Waals surface area contributed by atoms with Gasteiger partial charge in [-0.2, -0.15) is 18.2 Å². The topological polar surface area (TPSA) is 188 Å². The van der Waals surface area contributed by atoms with Gasteiger partial charge >= 0.3 is 18.1 Å². The average Bonchev–Trinajstić information content (AvgIpc) is 3.24. The maximum absolute atomic E-state index is 11.6. The Morgan fingerprint density at radius 1 is 1.34 bits per heavy atom. The number of carboxylic acids is 1. The molecule has 2 heterocycles. The lowest BCUT2D eigenvalue weighted by Gasteiger charge is -2.10. The van der Waals surface area contributed by atoms with E-state index in [0.29, 0.717) is 18.5 Å². The van der Waals surface area contributed by atoms with Crippen LogP contribution in [0, 0.1) is 0 Å². The van der Waals surface area contributed by atoms with Crippen LogP contribution in [0.3, 0.4) is 0 Å². The number of ether oxygens (including phenoxy) is 2. The quantitative estimate of drug-likeness (QED) is 0.344. The van der Waals surface area contributed by atoms with E-state index in [0.717, 1.165) is 0 Å². The van der Waals surface area contributed by atoms with Crippen LogP contribution < -0.4 is 17.0 Å². The van der Waals surface area contributed by atoms with Gasteiger partial charge in [0.2, 0.25) is 5.95 Å². The zero-order valence-corrected chi connectivity index (χ0v) is 14.7. The van der Waals surface area contributed by atoms with Crippen LogP contribution >= 0.6 is 0 Å². The molecule has 0 amide bonds. The molecule has 1 aliphatic rings. The zero-order valence-electron chi connectivity index (χ0n) is 14.7. The van der Waals surface area contributed by atoms with Crippen LogP contribution in [0.1, 0.15) is 12.8 Å². The summed E-state index contributed by atoms with van der Waals surface area (Å²) in [5, 5.41) is 7.12. The number of rotatable bonds is 6. The number of halogens is 3. The minimum absolute atomic E-state index is 0.00542. The zero-order chi connectivity index (χ0) is 21.8. The number of aliphatic carboxylic acids is 1. The predicted molar refractivity (Wildman–Crippen MR) is 89.3 cm³/mol. The molecular formula is C14H17F3N6O6. The van der Waals surface area contributed by atoms with E-state index in [-0.39, 0.29) is 31.4 Å². The third kappa shape index (κ3) is 5.89. The monoisotopic (exact) mass is 422 g/mol. The summed E-state index contributed by atoms with van der Waals surface area (Å²) in [5.74, 6) is -3.15. The Hall–Kier alpha value is -3.20. The van der Waals surface area contributed by atoms with Crippen LogP contribution in [0.5, 0.6) is 0 Å². The molecule has 160 valence electrons. The Balaban J connectivity index is 0.000000370. The number of hydrogen-bond donors (Lipinski definition) is 4. The van der Waals surface area contributed by atoms with Gasteiger partial charge in [-0.1, -0.05) is 0 Å². The molecular weight excluding hydrogens is 405 g/mol. The van der Waals surface area contributed by atoms with Crippen molar-refractivity contribution in [2.45, 2.75) is 31.3 Å². The van der Waals surface area contributed by atoms with Gasteiger partial charge < -0.3 is 26.0 Å². The van der Waals surface area contributed by atoms with E-state index in [2.05, 4.69) is 15.0 Å². The summed E-state index contributed by atoms with van der Waals surface area (Å²) in [4.78, 5) is 42.3. The summed E-state index contributed by atoms with van der Waals surface area (Å²) in [7, 11) is 0. The van der Waals surface area contributed by atoms with Crippen LogP contribution in [0.15, 0.2) is 11.1 Å². The van der Waals surface area contributed by atoms with E-state index in [1.54, 1.807) is 0 Å². The summed E-state index contributed by atoms with van der Waals surface area (Å²) in [6.07, 6.45) is -2.33. The maximum atomic E-state index is 11.6. The van der Waals surface area contributed by atoms with Crippen LogP contribution in [0.2, 0.25) is 0 Å². The van der Waals surface area contributed by atoms with Gasteiger partial charge in [0.05, 0.1) is 12.9 Å². The van der Waals surface area contributed by atoms with E-state index in [9.17, 15) is 22.8 Å². The highest BCUT2D eigenvalue weighted by atomic mass is 19.4. The van der Waals surface area contributed by atoms with Crippen molar-refractivity contribution in [3.8, 4) is 0 Å². The number of nitrogens with zero attached hydrogens (tertiary/aromatic N) is 3. The highest BCUT2D eigenvalue weighted by molar-refractivity contribution is 5.83. The Morgan fingerprint density at radius 2 is 1.97 bits per heavy atom. The van der Waals surface area contributed by atoms with E-state index in [1.807, 2.05) is 0 Å². The van der Waals surface area contributed by atoms with E-state index in [1.165, 1.54) is 10.9 Å². The number of nitrogens with one attached hydrogen (secondary N) is 1. The van der Waals surface area contributed by atoms with Crippen molar-refractivity contribution in [1.82, 2.24) is 19.5 Å². The number of hydrogen-bond acceptors (Lipinski definition) is 9. The highest BCUT2D eigenvalue weighted by Gasteiger charge is 2.47. The molecule has 0 spiro atoms. The van der Waals surface area contributed by atoms with Crippen LogP contribution in [-0.2, 0) is 25.8 Å². The Labute approximate surface area is 159 Å². The predicted octanol–water partition coefficient (Wildman–Crippen LogP) is -0.656. The number of carbonyl (C=O) groups excluding carboxylic acids is 1. The number of imidazole rings is 1. The normalized spacial score (nSPS) is 14.8. The van der Waals surface area contributed by atoms with Crippen molar-refractivity contribution < 1.29 is 37.3 Å². The second-order valence-electron chi connectivity index (χ2n) is 5.97. The molecule has 0 aliphatic heterocycles. The number of nitrogens with two attached hydrogens (primary N) is 2. The fourth-order valence-electron chi connectivity index (χ4n) is 1.90. The van der Waals surface area contributed by atoms with Crippen molar-refractivity contribution in [3.05, 3.63) is 16.7 Å². The van der Waals surface area contributed by atoms with Gasteiger partial charge in [-0.25, -0.2) is 9.78 Å². The van der Waals surface area contributed by atoms with Gasteiger partial charge in [0.1, 0.15) is 18.9 Å². The minimum Gasteiger partial charge on any atom is -0.475 e. The van der Waals surface area contributed by atoms with Crippen LogP contribution in [0.4, 0.5) is 19.1 Å². The van der Waals surface area contributed by atoms with Gasteiger partial charge in [0.25, 0.3) is 5.56 Å². The Morgan fingerprint density at radius 3 is 2.52 bits per heavy atom. The first-order valence-electron chi connectivity index (χ1n) is 7.98. The third-order valence-corrected chi connectivity index (χ3v) is 3.62. The molecule has 0 bridgehead atoms. The van der Waals surface area contributed by atoms with Gasteiger partial charge in [0, 0.05) is 0 Å². The van der Waals surface area contributed by atoms with Crippen molar-refractivity contribution in [3.63, 3.8) is 0 Å². The summed E-state index contributed by atoms with van der Waals surface area (Å²) >= 11 is 0. The molecule has 0 atom stereocenters. The Bertz CT molecular complexity index is 951. The number of anilines is 1. The number of esters is 1. The molecule has 0 aromatic carbocycles. The molecule has 2 aromatic rings. The molecule has 0 saturated heterocycles. The average molecular weight is 422 g/mol. The number of aromatic nitrogens is 4. The number of fused-ring (bicyclic) bond motifs is 1. The molecule has 29 heavy (non-hydrogen) atoms. The number of carboxylic acid groups (broad SMARTS) is 1. The van der Waals surface area contributed by atoms with Crippen LogP contribution in [-0.4, -0.2) is 61.5 Å². The van der Waals surface area contributed by atoms with Gasteiger partial charge in [-0.05, 0) is 12.8 Å². The van der Waals surface area contributed by atoms with Crippen molar-refractivity contribution >= 4 is 29.1 Å². The lowest BCUT2D eigenvalue weighted by molar-refractivity contribution is -0.192. The van der Waals surface area contributed by atoms with E-state index >= 15 is 0 Å². The molecule has 3 rings (SSSR count). The molecule has 1 saturated carbocycles. The number of nitrogen functional groups attached to an aromatic ring is 1. The molecule has 15 heteroatoms. The lowest BCUT2D eigenvalue weighted by atomic mass is 10.3. The van der Waals surface area contributed by atoms with Crippen molar-refractivity contribution in [2.75, 3.05) is 18.9 Å². The van der Waals surface area contributed by atoms with Gasteiger partial charge in [-0.3, -0.25) is 19.1 Å². The first-order valence-corrected chi connectivity index (χ1v) is 7.98. The standard InChI is InChI=1S/C12H16N6O4.C2HF3O2/c13-11-16-8-7(9(19)17-11)15-5-18(8)6-21-3-4-22-10(20)12(14)1-2-12;3-2(4,5)1(6)7/h5H,1-4,6,14H2,(H3,13,16,17,19);(H,6,7). The lowest BCUT2D eigenvalue weighted by Crippen LogP contribution is -2.35. The number of carbonyl (C=O) groups is 2. The minimum atomic E-state index is -5.08. The highest BCUT2D eigenvalue weighted by Crippen LogP contribution is 2.33. The number of alkyl halides is 3. The molecule has 2 aromatic heterocycles. The maximum Gasteiger partial charge on any atom is 0.490 e. The third-order valence-electron chi connectivity index (χ3n) is 3.62. The van der Waals surface area contributed by atoms with Gasteiger partial charge in [-0.15, -0.1) is 0 Å². The molecule has 6 N–H and O–H groups in total. The fourth-order valence-corrected chi connectivity index (χ4v) is 1.90. The number of aromatic amines is 1. The fraction of sp³-hybridized carbons (Fsp3) is 0.500. The smallest absolute Gasteiger partial charge is 0.475 e. The number of H-pyrrole nitrogens is 1. The summed E-state index contributed by atoms with van der Waals surface area (Å²) in [6.45, 7) is 0.415. The van der Waals surface area contributed by atoms with E-state index in [4.69, 9.17) is 30.8 Å². The summed E-state index contributed by atoms with van der Waals surface area (Å²) in [6, 6.07) is 0. The van der Waals surface area contributed by atoms with Gasteiger partial charge in [0.15, 0.2) is 11.2 Å². The SMILES string of the molecule is Nc1nc2c(ncn2COCCOC(=O)C2(N)CC2)c(=O)[nH]1.O=C(O)C(F)(F)F. The molecule has 1 fully saturated rings. The van der Waals surface area contributed by atoms with Crippen molar-refractivity contribution in [2.24, 2.45) is 5.73 Å². The molecule has 0 unspecified atom stereocenters. The van der Waals surface area contributed by atoms with Crippen LogP contribution in [0.25, 0.3) is 11.2 Å². The molecule has 1 aliphatic carbocycles. The van der Waals surface area contributed by atoms with E-state index < -0.39 is 29.2 Å². The summed E-state index contributed by atoms with van der Waals surface area (Å²) in [5.41, 5.74) is 10.5. The first kappa shape index (κ1) is 22.1. The largest absolute Gasteiger partial charge is 0.490 e.